The van der Waals surface area contributed by atoms with Gasteiger partial charge >= 0.3 is 0 Å². The number of nitrogens with zero attached hydrogens (tertiary/aromatic N) is 2. The lowest BCUT2D eigenvalue weighted by molar-refractivity contribution is -0.0651. The Labute approximate surface area is 174 Å². The van der Waals surface area contributed by atoms with Crippen LogP contribution in [0.5, 0.6) is 17.4 Å². The molecule has 1 saturated heterocycles. The number of aromatic nitrogens is 1. The van der Waals surface area contributed by atoms with Crippen LogP contribution < -0.4 is 9.47 Å². The predicted molar refractivity (Wildman–Crippen MR) is 106 cm³/mol. The van der Waals surface area contributed by atoms with E-state index in [4.69, 9.17) is 31.1 Å². The first kappa shape index (κ1) is 19.9. The number of halogens is 2. The summed E-state index contributed by atoms with van der Waals surface area (Å²) < 4.78 is 32.0. The molecule has 1 saturated carbocycles. The van der Waals surface area contributed by atoms with Crippen molar-refractivity contribution in [3.63, 3.8) is 0 Å². The van der Waals surface area contributed by atoms with E-state index in [-0.39, 0.29) is 28.3 Å². The Morgan fingerprint density at radius 3 is 2.62 bits per heavy atom. The summed E-state index contributed by atoms with van der Waals surface area (Å²) in [7, 11) is 0. The van der Waals surface area contributed by atoms with Crippen LogP contribution in [-0.2, 0) is 4.74 Å². The minimum absolute atomic E-state index is 0.0318. The molecule has 0 spiro atoms. The van der Waals surface area contributed by atoms with Crippen LogP contribution >= 0.6 is 11.6 Å². The van der Waals surface area contributed by atoms with E-state index in [0.717, 1.165) is 24.5 Å². The molecule has 1 aliphatic carbocycles. The van der Waals surface area contributed by atoms with Gasteiger partial charge in [-0.2, -0.15) is 5.26 Å². The third kappa shape index (κ3) is 4.17. The van der Waals surface area contributed by atoms with Crippen LogP contribution in [0.15, 0.2) is 24.4 Å². The van der Waals surface area contributed by atoms with Gasteiger partial charge in [0.2, 0.25) is 5.88 Å². The molecule has 7 heteroatoms. The van der Waals surface area contributed by atoms with E-state index >= 15 is 0 Å². The minimum Gasteiger partial charge on any atom is -0.488 e. The molecule has 1 aromatic heterocycles. The molecule has 2 unspecified atom stereocenters. The molecule has 2 fully saturated rings. The number of nitriles is 1. The van der Waals surface area contributed by atoms with Crippen LogP contribution in [0.2, 0.25) is 5.02 Å². The van der Waals surface area contributed by atoms with E-state index in [1.807, 2.05) is 13.0 Å². The van der Waals surface area contributed by atoms with Gasteiger partial charge in [0.1, 0.15) is 16.9 Å². The van der Waals surface area contributed by atoms with Crippen LogP contribution in [-0.4, -0.2) is 24.3 Å². The number of rotatable bonds is 4. The summed E-state index contributed by atoms with van der Waals surface area (Å²) >= 11 is 6.57. The van der Waals surface area contributed by atoms with Crippen molar-refractivity contribution in [2.75, 3.05) is 13.2 Å². The van der Waals surface area contributed by atoms with Crippen LogP contribution in [0.4, 0.5) is 4.39 Å². The molecule has 2 atom stereocenters. The lowest BCUT2D eigenvalue weighted by Gasteiger charge is -2.36. The van der Waals surface area contributed by atoms with Crippen molar-refractivity contribution < 1.29 is 18.6 Å². The lowest BCUT2D eigenvalue weighted by Crippen LogP contribution is -2.43. The number of benzene rings is 1. The van der Waals surface area contributed by atoms with Crippen molar-refractivity contribution in [3.05, 3.63) is 46.4 Å². The first-order valence-corrected chi connectivity index (χ1v) is 10.2. The molecule has 2 aliphatic rings. The Morgan fingerprint density at radius 2 is 1.97 bits per heavy atom. The molecule has 2 aromatic rings. The number of ether oxygens (including phenoxy) is 3. The maximum atomic E-state index is 14.2. The van der Waals surface area contributed by atoms with E-state index < -0.39 is 5.82 Å². The summed E-state index contributed by atoms with van der Waals surface area (Å²) in [5.74, 6) is 0.564. The van der Waals surface area contributed by atoms with Crippen LogP contribution in [0, 0.1) is 35.9 Å². The number of fused-ring (bicyclic) bond motifs is 2. The van der Waals surface area contributed by atoms with Crippen molar-refractivity contribution in [2.24, 2.45) is 11.8 Å². The van der Waals surface area contributed by atoms with E-state index in [0.29, 0.717) is 30.8 Å². The summed E-state index contributed by atoms with van der Waals surface area (Å²) in [4.78, 5) is 4.21. The SMILES string of the molecule is Cc1cnc(Oc2ccc(C#N)cc2F)c(Cl)c1OC1C2CCCCC1COC2. The average molecular weight is 417 g/mol. The Morgan fingerprint density at radius 1 is 1.24 bits per heavy atom. The van der Waals surface area contributed by atoms with E-state index in [2.05, 4.69) is 4.98 Å². The second kappa shape index (κ2) is 8.56. The summed E-state index contributed by atoms with van der Waals surface area (Å²) in [6.07, 6.45) is 6.15. The van der Waals surface area contributed by atoms with Crippen LogP contribution in [0.3, 0.4) is 0 Å². The molecular weight excluding hydrogens is 395 g/mol. The lowest BCUT2D eigenvalue weighted by atomic mass is 9.88. The van der Waals surface area contributed by atoms with Gasteiger partial charge in [0.05, 0.1) is 24.8 Å². The fourth-order valence-electron chi connectivity index (χ4n) is 4.10. The molecule has 0 N–H and O–H groups in total. The fraction of sp³-hybridized carbons (Fsp3) is 0.455. The Balaban J connectivity index is 1.61. The van der Waals surface area contributed by atoms with Gasteiger partial charge in [-0.3, -0.25) is 0 Å². The highest BCUT2D eigenvalue weighted by molar-refractivity contribution is 6.33. The second-order valence-corrected chi connectivity index (χ2v) is 8.05. The topological polar surface area (TPSA) is 64.4 Å². The van der Waals surface area contributed by atoms with Gasteiger partial charge < -0.3 is 14.2 Å². The molecule has 0 amide bonds. The maximum Gasteiger partial charge on any atom is 0.242 e. The zero-order chi connectivity index (χ0) is 20.4. The molecule has 4 rings (SSSR count). The van der Waals surface area contributed by atoms with Gasteiger partial charge in [-0.1, -0.05) is 24.4 Å². The van der Waals surface area contributed by atoms with Gasteiger partial charge in [0.25, 0.3) is 0 Å². The Hall–Kier alpha value is -2.36. The number of pyridine rings is 1. The minimum atomic E-state index is -0.652. The van der Waals surface area contributed by atoms with E-state index in [9.17, 15) is 4.39 Å². The van der Waals surface area contributed by atoms with Crippen molar-refractivity contribution in [1.82, 2.24) is 4.98 Å². The quantitative estimate of drug-likeness (QED) is 0.664. The van der Waals surface area contributed by atoms with E-state index in [1.54, 1.807) is 6.20 Å². The summed E-state index contributed by atoms with van der Waals surface area (Å²) in [5, 5.41) is 9.10. The van der Waals surface area contributed by atoms with E-state index in [1.165, 1.54) is 25.0 Å². The molecule has 152 valence electrons. The van der Waals surface area contributed by atoms with Crippen LogP contribution in [0.1, 0.15) is 36.8 Å². The standard InChI is InChI=1S/C22H22ClFN2O3/c1-13-10-26-22(28-18-7-6-14(9-25)8-17(18)24)19(23)20(13)29-21-15-4-2-3-5-16(21)12-27-11-15/h6-8,10,15-16,21H,2-5,11-12H2,1H3. The smallest absolute Gasteiger partial charge is 0.242 e. The third-order valence-corrected chi connectivity index (χ3v) is 5.97. The third-order valence-electron chi connectivity index (χ3n) is 5.64. The van der Waals surface area contributed by atoms with Gasteiger partial charge in [0, 0.05) is 23.6 Å². The zero-order valence-electron chi connectivity index (χ0n) is 16.2. The number of hydrogen-bond donors (Lipinski definition) is 0. The first-order chi connectivity index (χ1) is 14.1. The van der Waals surface area contributed by atoms with Crippen molar-refractivity contribution in [3.8, 4) is 23.4 Å². The molecular formula is C22H22ClFN2O3. The summed E-state index contributed by atoms with van der Waals surface area (Å²) in [5.41, 5.74) is 1.01. The molecule has 29 heavy (non-hydrogen) atoms. The first-order valence-electron chi connectivity index (χ1n) is 9.84. The Kier molecular flexibility index (Phi) is 5.89. The molecule has 1 aliphatic heterocycles. The molecule has 2 bridgehead atoms. The van der Waals surface area contributed by atoms with Gasteiger partial charge in [-0.05, 0) is 38.0 Å². The fourth-order valence-corrected chi connectivity index (χ4v) is 4.38. The monoisotopic (exact) mass is 416 g/mol. The number of hydrogen-bond acceptors (Lipinski definition) is 5. The van der Waals surface area contributed by atoms with Crippen LogP contribution in [0.25, 0.3) is 0 Å². The highest BCUT2D eigenvalue weighted by Crippen LogP contribution is 2.42. The normalized spacial score (nSPS) is 23.7. The highest BCUT2D eigenvalue weighted by Gasteiger charge is 2.38. The average Bonchev–Trinajstić information content (AvgIpc) is 2.82. The highest BCUT2D eigenvalue weighted by atomic mass is 35.5. The summed E-state index contributed by atoms with van der Waals surface area (Å²) in [6, 6.07) is 5.87. The van der Waals surface area contributed by atoms with Crippen molar-refractivity contribution in [2.45, 2.75) is 38.7 Å². The number of aryl methyl sites for hydroxylation is 1. The molecule has 1 aromatic carbocycles. The van der Waals surface area contributed by atoms with Gasteiger partial charge in [-0.15, -0.1) is 0 Å². The largest absolute Gasteiger partial charge is 0.488 e. The predicted octanol–water partition coefficient (Wildman–Crippen LogP) is 5.43. The maximum absolute atomic E-state index is 14.2. The molecule has 5 nitrogen and oxygen atoms in total. The molecule has 0 radical (unpaired) electrons. The van der Waals surface area contributed by atoms with Gasteiger partial charge in [0.15, 0.2) is 11.6 Å². The van der Waals surface area contributed by atoms with Gasteiger partial charge in [-0.25, -0.2) is 9.37 Å². The zero-order valence-corrected chi connectivity index (χ0v) is 16.9. The Bertz CT molecular complexity index is 932. The molecule has 2 heterocycles. The van der Waals surface area contributed by atoms with Crippen molar-refractivity contribution >= 4 is 11.6 Å². The van der Waals surface area contributed by atoms with Crippen molar-refractivity contribution in [1.29, 1.82) is 5.26 Å². The summed E-state index contributed by atoms with van der Waals surface area (Å²) in [6.45, 7) is 3.27. The second-order valence-electron chi connectivity index (χ2n) is 7.67.